The van der Waals surface area contributed by atoms with Crippen LogP contribution in [0.25, 0.3) is 0 Å². The van der Waals surface area contributed by atoms with Crippen LogP contribution in [0.4, 0.5) is 5.69 Å². The highest BCUT2D eigenvalue weighted by atomic mass is 35.5. The molecule has 0 aromatic heterocycles. The van der Waals surface area contributed by atoms with E-state index in [1.54, 1.807) is 18.2 Å². The van der Waals surface area contributed by atoms with Gasteiger partial charge in [-0.3, -0.25) is 9.59 Å². The smallest absolute Gasteiger partial charge is 0.340 e. The number of benzene rings is 2. The fraction of sp³-hybridized carbons (Fsp3) is 0.118. The van der Waals surface area contributed by atoms with E-state index in [9.17, 15) is 14.4 Å². The van der Waals surface area contributed by atoms with Crippen LogP contribution in [0.3, 0.4) is 0 Å². The van der Waals surface area contributed by atoms with Gasteiger partial charge in [0.05, 0.1) is 10.6 Å². The number of nitrogens with one attached hydrogen (secondary N) is 1. The Labute approximate surface area is 148 Å². The molecule has 0 heterocycles. The van der Waals surface area contributed by atoms with Gasteiger partial charge in [0, 0.05) is 16.3 Å². The van der Waals surface area contributed by atoms with E-state index in [0.29, 0.717) is 16.3 Å². The SMILES string of the molecule is CC(=O)c1cccc(NC(=O)COC(=O)c2ccc(Cl)cc2Cl)c1. The molecule has 0 aliphatic rings. The molecule has 2 aromatic carbocycles. The summed E-state index contributed by atoms with van der Waals surface area (Å²) in [4.78, 5) is 35.1. The van der Waals surface area contributed by atoms with E-state index in [0.717, 1.165) is 0 Å². The van der Waals surface area contributed by atoms with Gasteiger partial charge in [-0.2, -0.15) is 0 Å². The fourth-order valence-corrected chi connectivity index (χ4v) is 2.36. The van der Waals surface area contributed by atoms with E-state index in [1.165, 1.54) is 31.2 Å². The predicted octanol–water partition coefficient (Wildman–Crippen LogP) is 3.99. The number of ether oxygens (including phenoxy) is 1. The number of hydrogen-bond donors (Lipinski definition) is 1. The van der Waals surface area contributed by atoms with Crippen LogP contribution in [0.15, 0.2) is 42.5 Å². The molecule has 0 aliphatic carbocycles. The molecule has 0 unspecified atom stereocenters. The maximum Gasteiger partial charge on any atom is 0.340 e. The summed E-state index contributed by atoms with van der Waals surface area (Å²) in [6.07, 6.45) is 0. The van der Waals surface area contributed by atoms with Crippen molar-refractivity contribution in [3.8, 4) is 0 Å². The third kappa shape index (κ3) is 4.81. The number of amides is 1. The van der Waals surface area contributed by atoms with Gasteiger partial charge in [-0.05, 0) is 37.3 Å². The maximum atomic E-state index is 11.9. The lowest BCUT2D eigenvalue weighted by Gasteiger charge is -2.08. The van der Waals surface area contributed by atoms with Crippen LogP contribution >= 0.6 is 23.2 Å². The van der Waals surface area contributed by atoms with Crippen molar-refractivity contribution in [1.29, 1.82) is 0 Å². The van der Waals surface area contributed by atoms with Crippen molar-refractivity contribution in [2.45, 2.75) is 6.92 Å². The molecule has 5 nitrogen and oxygen atoms in total. The van der Waals surface area contributed by atoms with Crippen molar-refractivity contribution in [3.05, 3.63) is 63.6 Å². The first kappa shape index (κ1) is 18.0. The van der Waals surface area contributed by atoms with Crippen molar-refractivity contribution >= 4 is 46.5 Å². The Morgan fingerprint density at radius 1 is 1.08 bits per heavy atom. The van der Waals surface area contributed by atoms with E-state index < -0.39 is 18.5 Å². The standard InChI is InChI=1S/C17H13Cl2NO4/c1-10(21)11-3-2-4-13(7-11)20-16(22)9-24-17(23)14-6-5-12(18)8-15(14)19/h2-8H,9H2,1H3,(H,20,22). The molecule has 124 valence electrons. The van der Waals surface area contributed by atoms with Crippen LogP contribution in [0.1, 0.15) is 27.6 Å². The zero-order valence-electron chi connectivity index (χ0n) is 12.6. The summed E-state index contributed by atoms with van der Waals surface area (Å²) in [5, 5.41) is 3.07. The van der Waals surface area contributed by atoms with Crippen molar-refractivity contribution in [2.24, 2.45) is 0 Å². The largest absolute Gasteiger partial charge is 0.452 e. The van der Waals surface area contributed by atoms with Crippen LogP contribution in [0.5, 0.6) is 0 Å². The molecule has 7 heteroatoms. The van der Waals surface area contributed by atoms with Gasteiger partial charge in [0.25, 0.3) is 5.91 Å². The molecule has 0 saturated carbocycles. The van der Waals surface area contributed by atoms with E-state index in [-0.39, 0.29) is 16.4 Å². The third-order valence-corrected chi connectivity index (χ3v) is 3.59. The minimum Gasteiger partial charge on any atom is -0.452 e. The number of hydrogen-bond acceptors (Lipinski definition) is 4. The van der Waals surface area contributed by atoms with E-state index in [1.807, 2.05) is 0 Å². The number of halogens is 2. The Bertz CT molecular complexity index is 805. The zero-order chi connectivity index (χ0) is 17.7. The number of ketones is 1. The second-order valence-corrected chi connectivity index (χ2v) is 5.73. The summed E-state index contributed by atoms with van der Waals surface area (Å²) in [6.45, 7) is 0.945. The predicted molar refractivity (Wildman–Crippen MR) is 91.8 cm³/mol. The molecular formula is C17H13Cl2NO4. The van der Waals surface area contributed by atoms with Crippen molar-refractivity contribution in [2.75, 3.05) is 11.9 Å². The lowest BCUT2D eigenvalue weighted by Crippen LogP contribution is -2.21. The summed E-state index contributed by atoms with van der Waals surface area (Å²) in [6, 6.07) is 10.8. The molecule has 2 aromatic rings. The normalized spacial score (nSPS) is 10.1. The highest BCUT2D eigenvalue weighted by Gasteiger charge is 2.14. The molecule has 1 N–H and O–H groups in total. The Morgan fingerprint density at radius 3 is 2.50 bits per heavy atom. The van der Waals surface area contributed by atoms with E-state index in [4.69, 9.17) is 27.9 Å². The average molecular weight is 366 g/mol. The molecule has 1 amide bonds. The average Bonchev–Trinajstić information content (AvgIpc) is 2.53. The molecule has 0 bridgehead atoms. The summed E-state index contributed by atoms with van der Waals surface area (Å²) in [5.74, 6) is -1.38. The molecular weight excluding hydrogens is 353 g/mol. The quantitative estimate of drug-likeness (QED) is 0.642. The van der Waals surface area contributed by atoms with Gasteiger partial charge in [0.2, 0.25) is 0 Å². The Hall–Kier alpha value is -2.37. The van der Waals surface area contributed by atoms with Gasteiger partial charge in [-0.1, -0.05) is 35.3 Å². The zero-order valence-corrected chi connectivity index (χ0v) is 14.1. The van der Waals surface area contributed by atoms with Crippen LogP contribution in [-0.2, 0) is 9.53 Å². The monoisotopic (exact) mass is 365 g/mol. The van der Waals surface area contributed by atoms with Crippen LogP contribution < -0.4 is 5.32 Å². The fourth-order valence-electron chi connectivity index (χ4n) is 1.88. The number of carbonyl (C=O) groups is 3. The lowest BCUT2D eigenvalue weighted by atomic mass is 10.1. The summed E-state index contributed by atoms with van der Waals surface area (Å²) >= 11 is 11.6. The second kappa shape index (κ2) is 7.95. The third-order valence-electron chi connectivity index (χ3n) is 3.04. The summed E-state index contributed by atoms with van der Waals surface area (Å²) < 4.78 is 4.92. The van der Waals surface area contributed by atoms with Crippen LogP contribution in [0.2, 0.25) is 10.0 Å². The number of rotatable bonds is 5. The summed E-state index contributed by atoms with van der Waals surface area (Å²) in [7, 11) is 0. The summed E-state index contributed by atoms with van der Waals surface area (Å²) in [5.41, 5.74) is 1.03. The highest BCUT2D eigenvalue weighted by molar-refractivity contribution is 6.36. The van der Waals surface area contributed by atoms with Gasteiger partial charge in [0.1, 0.15) is 0 Å². The minimum atomic E-state index is -0.732. The first-order valence-electron chi connectivity index (χ1n) is 6.90. The number of Topliss-reactive ketones (excluding diaryl/α,β-unsaturated/α-hetero) is 1. The first-order chi connectivity index (χ1) is 11.4. The molecule has 0 fully saturated rings. The van der Waals surface area contributed by atoms with Crippen LogP contribution in [-0.4, -0.2) is 24.3 Å². The topological polar surface area (TPSA) is 72.5 Å². The molecule has 0 radical (unpaired) electrons. The van der Waals surface area contributed by atoms with Gasteiger partial charge in [-0.25, -0.2) is 4.79 Å². The van der Waals surface area contributed by atoms with Crippen molar-refractivity contribution in [1.82, 2.24) is 0 Å². The highest BCUT2D eigenvalue weighted by Crippen LogP contribution is 2.21. The Balaban J connectivity index is 1.94. The van der Waals surface area contributed by atoms with Gasteiger partial charge in [0.15, 0.2) is 12.4 Å². The van der Waals surface area contributed by atoms with E-state index in [2.05, 4.69) is 5.32 Å². The molecule has 0 atom stereocenters. The molecule has 0 saturated heterocycles. The van der Waals surface area contributed by atoms with Crippen molar-refractivity contribution in [3.63, 3.8) is 0 Å². The first-order valence-corrected chi connectivity index (χ1v) is 7.65. The maximum absolute atomic E-state index is 11.9. The van der Waals surface area contributed by atoms with Crippen molar-refractivity contribution < 1.29 is 19.1 Å². The Kier molecular flexibility index (Phi) is 5.95. The minimum absolute atomic E-state index is 0.116. The van der Waals surface area contributed by atoms with Gasteiger partial charge in [-0.15, -0.1) is 0 Å². The van der Waals surface area contributed by atoms with Gasteiger partial charge >= 0.3 is 5.97 Å². The van der Waals surface area contributed by atoms with E-state index >= 15 is 0 Å². The van der Waals surface area contributed by atoms with Crippen LogP contribution in [0, 0.1) is 0 Å². The number of esters is 1. The second-order valence-electron chi connectivity index (χ2n) is 4.89. The number of anilines is 1. The Morgan fingerprint density at radius 2 is 1.83 bits per heavy atom. The molecule has 0 spiro atoms. The van der Waals surface area contributed by atoms with Gasteiger partial charge < -0.3 is 10.1 Å². The molecule has 0 aliphatic heterocycles. The molecule has 24 heavy (non-hydrogen) atoms. The molecule has 2 rings (SSSR count). The lowest BCUT2D eigenvalue weighted by molar-refractivity contribution is -0.119. The number of carbonyl (C=O) groups excluding carboxylic acids is 3.